The van der Waals surface area contributed by atoms with Crippen molar-refractivity contribution in [1.82, 2.24) is 9.55 Å². The van der Waals surface area contributed by atoms with E-state index in [2.05, 4.69) is 36.3 Å². The van der Waals surface area contributed by atoms with Gasteiger partial charge in [-0.2, -0.15) is 0 Å². The van der Waals surface area contributed by atoms with Crippen LogP contribution in [0.25, 0.3) is 22.4 Å². The fourth-order valence-electron chi connectivity index (χ4n) is 2.61. The van der Waals surface area contributed by atoms with Gasteiger partial charge in [0, 0.05) is 17.8 Å². The third-order valence-electron chi connectivity index (χ3n) is 3.68. The van der Waals surface area contributed by atoms with Gasteiger partial charge in [0.25, 0.3) is 0 Å². The number of benzene rings is 2. The van der Waals surface area contributed by atoms with Gasteiger partial charge in [0.15, 0.2) is 0 Å². The van der Waals surface area contributed by atoms with Crippen LogP contribution in [0.2, 0.25) is 0 Å². The van der Waals surface area contributed by atoms with E-state index in [0.717, 1.165) is 41.1 Å². The van der Waals surface area contributed by atoms with Crippen molar-refractivity contribution in [2.45, 2.75) is 19.9 Å². The number of nitrogens with two attached hydrogens (primary N) is 1. The van der Waals surface area contributed by atoms with Crippen LogP contribution in [0.15, 0.2) is 55.1 Å². The van der Waals surface area contributed by atoms with Gasteiger partial charge >= 0.3 is 0 Å². The predicted molar refractivity (Wildman–Crippen MR) is 89.2 cm³/mol. The summed E-state index contributed by atoms with van der Waals surface area (Å²) in [7, 11) is 0. The number of nitrogen functional groups attached to an aromatic ring is 1. The zero-order chi connectivity index (χ0) is 14.8. The van der Waals surface area contributed by atoms with E-state index in [1.54, 1.807) is 0 Å². The number of hydrogen-bond donors (Lipinski definition) is 1. The Hall–Kier alpha value is -2.55. The molecule has 3 aromatic rings. The van der Waals surface area contributed by atoms with Crippen molar-refractivity contribution in [3.8, 4) is 11.4 Å². The molecule has 0 aliphatic rings. The fraction of sp³-hybridized carbons (Fsp3) is 0.167. The lowest BCUT2D eigenvalue weighted by molar-refractivity contribution is 0.862. The van der Waals surface area contributed by atoms with Crippen LogP contribution in [0.5, 0.6) is 0 Å². The van der Waals surface area contributed by atoms with Gasteiger partial charge in [-0.15, -0.1) is 6.58 Å². The van der Waals surface area contributed by atoms with Gasteiger partial charge in [0.05, 0.1) is 11.0 Å². The Labute approximate surface area is 124 Å². The normalized spacial score (nSPS) is 10.9. The van der Waals surface area contributed by atoms with Crippen molar-refractivity contribution in [2.24, 2.45) is 0 Å². The van der Waals surface area contributed by atoms with Crippen LogP contribution in [0.3, 0.4) is 0 Å². The predicted octanol–water partition coefficient (Wildman–Crippen LogP) is 4.03. The van der Waals surface area contributed by atoms with Crippen LogP contribution in [-0.4, -0.2) is 9.55 Å². The number of fused-ring (bicyclic) bond motifs is 1. The van der Waals surface area contributed by atoms with Crippen molar-refractivity contribution in [1.29, 1.82) is 0 Å². The summed E-state index contributed by atoms with van der Waals surface area (Å²) in [4.78, 5) is 4.81. The maximum absolute atomic E-state index is 5.90. The van der Waals surface area contributed by atoms with Crippen molar-refractivity contribution in [3.05, 3.63) is 60.7 Å². The summed E-state index contributed by atoms with van der Waals surface area (Å²) in [6.45, 7) is 6.74. The molecule has 21 heavy (non-hydrogen) atoms. The molecule has 0 unspecified atom stereocenters. The second kappa shape index (κ2) is 5.44. The molecule has 0 spiro atoms. The monoisotopic (exact) mass is 277 g/mol. The molecule has 0 saturated carbocycles. The summed E-state index contributed by atoms with van der Waals surface area (Å²) >= 11 is 0. The Kier molecular flexibility index (Phi) is 3.48. The fourth-order valence-corrected chi connectivity index (χ4v) is 2.61. The van der Waals surface area contributed by atoms with Crippen LogP contribution in [0.4, 0.5) is 5.69 Å². The van der Waals surface area contributed by atoms with E-state index in [4.69, 9.17) is 10.7 Å². The van der Waals surface area contributed by atoms with E-state index >= 15 is 0 Å². The molecule has 3 nitrogen and oxygen atoms in total. The molecule has 106 valence electrons. The molecule has 0 fully saturated rings. The number of imidazole rings is 1. The van der Waals surface area contributed by atoms with Crippen LogP contribution < -0.4 is 5.73 Å². The van der Waals surface area contributed by atoms with Gasteiger partial charge in [0.1, 0.15) is 5.82 Å². The van der Waals surface area contributed by atoms with Crippen LogP contribution >= 0.6 is 0 Å². The molecule has 3 heteroatoms. The van der Waals surface area contributed by atoms with Crippen LogP contribution in [-0.2, 0) is 13.0 Å². The molecule has 0 amide bonds. The average Bonchev–Trinajstić information content (AvgIpc) is 2.85. The molecule has 0 atom stereocenters. The van der Waals surface area contributed by atoms with Crippen molar-refractivity contribution in [2.75, 3.05) is 5.73 Å². The number of allylic oxidation sites excluding steroid dienone is 1. The summed E-state index contributed by atoms with van der Waals surface area (Å²) in [6.07, 6.45) is 2.91. The Morgan fingerprint density at radius 2 is 2.10 bits per heavy atom. The summed E-state index contributed by atoms with van der Waals surface area (Å²) in [6, 6.07) is 14.3. The van der Waals surface area contributed by atoms with Crippen molar-refractivity contribution >= 4 is 16.7 Å². The number of hydrogen-bond acceptors (Lipinski definition) is 2. The standard InChI is InChI=1S/C18H19N3/c1-3-10-21-17-9-8-13(4-2)11-16(17)20-18(21)14-6-5-7-15(19)12-14/h3,5-9,11-12H,1,4,10,19H2,2H3. The molecule has 3 rings (SSSR count). The molecule has 0 radical (unpaired) electrons. The maximum Gasteiger partial charge on any atom is 0.141 e. The summed E-state index contributed by atoms with van der Waals surface area (Å²) in [5, 5.41) is 0. The van der Waals surface area contributed by atoms with E-state index in [9.17, 15) is 0 Å². The molecule has 1 heterocycles. The number of rotatable bonds is 4. The van der Waals surface area contributed by atoms with Crippen molar-refractivity contribution < 1.29 is 0 Å². The molecule has 0 bridgehead atoms. The highest BCUT2D eigenvalue weighted by Gasteiger charge is 2.12. The Balaban J connectivity index is 2.25. The first kappa shape index (κ1) is 13.4. The summed E-state index contributed by atoms with van der Waals surface area (Å²) in [5.74, 6) is 0.936. The quantitative estimate of drug-likeness (QED) is 0.578. The first-order valence-corrected chi connectivity index (χ1v) is 7.19. The number of aryl methyl sites for hydroxylation is 1. The Bertz CT molecular complexity index is 799. The van der Waals surface area contributed by atoms with Gasteiger partial charge in [-0.25, -0.2) is 4.98 Å². The van der Waals surface area contributed by atoms with E-state index < -0.39 is 0 Å². The minimum Gasteiger partial charge on any atom is -0.399 e. The molecule has 0 saturated heterocycles. The zero-order valence-corrected chi connectivity index (χ0v) is 12.2. The Morgan fingerprint density at radius 3 is 2.81 bits per heavy atom. The smallest absolute Gasteiger partial charge is 0.141 e. The molecule has 2 aromatic carbocycles. The minimum atomic E-state index is 0.728. The van der Waals surface area contributed by atoms with Gasteiger partial charge in [-0.1, -0.05) is 31.2 Å². The first-order chi connectivity index (χ1) is 10.2. The lowest BCUT2D eigenvalue weighted by atomic mass is 10.1. The van der Waals surface area contributed by atoms with Gasteiger partial charge in [-0.05, 0) is 36.2 Å². The molecular weight excluding hydrogens is 258 g/mol. The largest absolute Gasteiger partial charge is 0.399 e. The van der Waals surface area contributed by atoms with Gasteiger partial charge in [-0.3, -0.25) is 0 Å². The highest BCUT2D eigenvalue weighted by Crippen LogP contribution is 2.27. The van der Waals surface area contributed by atoms with Gasteiger partial charge < -0.3 is 10.3 Å². The third kappa shape index (κ3) is 2.42. The molecule has 0 aliphatic heterocycles. The number of nitrogens with zero attached hydrogens (tertiary/aromatic N) is 2. The van der Waals surface area contributed by atoms with E-state index in [0.29, 0.717) is 0 Å². The second-order valence-corrected chi connectivity index (χ2v) is 5.14. The van der Waals surface area contributed by atoms with E-state index in [1.165, 1.54) is 5.56 Å². The zero-order valence-electron chi connectivity index (χ0n) is 12.2. The molecule has 1 aromatic heterocycles. The maximum atomic E-state index is 5.90. The molecule has 2 N–H and O–H groups in total. The topological polar surface area (TPSA) is 43.8 Å². The van der Waals surface area contributed by atoms with Crippen LogP contribution in [0.1, 0.15) is 12.5 Å². The highest BCUT2D eigenvalue weighted by atomic mass is 15.1. The second-order valence-electron chi connectivity index (χ2n) is 5.14. The third-order valence-corrected chi connectivity index (χ3v) is 3.68. The highest BCUT2D eigenvalue weighted by molar-refractivity contribution is 5.82. The van der Waals surface area contributed by atoms with E-state index in [1.807, 2.05) is 30.3 Å². The number of aromatic nitrogens is 2. The van der Waals surface area contributed by atoms with Crippen LogP contribution in [0, 0.1) is 0 Å². The summed E-state index contributed by atoms with van der Waals surface area (Å²) in [5.41, 5.74) is 11.1. The SMILES string of the molecule is C=CCn1c(-c2cccc(N)c2)nc2cc(CC)ccc21. The molecular formula is C18H19N3. The van der Waals surface area contributed by atoms with E-state index in [-0.39, 0.29) is 0 Å². The Morgan fingerprint density at radius 1 is 1.24 bits per heavy atom. The minimum absolute atomic E-state index is 0.728. The van der Waals surface area contributed by atoms with Gasteiger partial charge in [0.2, 0.25) is 0 Å². The lowest BCUT2D eigenvalue weighted by Gasteiger charge is -2.07. The lowest BCUT2D eigenvalue weighted by Crippen LogP contribution is -1.98. The van der Waals surface area contributed by atoms with Crippen molar-refractivity contribution in [3.63, 3.8) is 0 Å². The summed E-state index contributed by atoms with van der Waals surface area (Å²) < 4.78 is 2.18. The average molecular weight is 277 g/mol. The number of anilines is 1. The first-order valence-electron chi connectivity index (χ1n) is 7.19. The molecule has 0 aliphatic carbocycles.